The third-order valence-electron chi connectivity index (χ3n) is 16.6. The summed E-state index contributed by atoms with van der Waals surface area (Å²) < 4.78 is 30.5. The quantitative estimate of drug-likeness (QED) is 0.0212. The van der Waals surface area contributed by atoms with Crippen molar-refractivity contribution in [2.45, 2.75) is 380 Å². The molecule has 9 nitrogen and oxygen atoms in total. The Morgan fingerprint density at radius 1 is 0.422 bits per heavy atom. The van der Waals surface area contributed by atoms with Crippen LogP contribution in [0.5, 0.6) is 0 Å². The Morgan fingerprint density at radius 3 is 1.11 bits per heavy atom. The summed E-state index contributed by atoms with van der Waals surface area (Å²) >= 11 is 0. The number of hydrogen-bond acceptors (Lipinski definition) is 7. The monoisotopic (exact) mass is 1190 g/mol. The number of phosphoric ester groups is 1. The number of ether oxygens (including phenoxy) is 1. The maximum Gasteiger partial charge on any atom is 0.306 e. The lowest BCUT2D eigenvalue weighted by Crippen LogP contribution is -2.47. The second kappa shape index (κ2) is 63.3. The maximum absolute atomic E-state index is 13.6. The number of nitrogens with zero attached hydrogens (tertiary/aromatic N) is 1. The fourth-order valence-corrected chi connectivity index (χ4v) is 11.7. The van der Waals surface area contributed by atoms with Crippen molar-refractivity contribution in [2.75, 3.05) is 40.9 Å². The molecule has 10 heteroatoms. The Balaban J connectivity index is 5.06. The van der Waals surface area contributed by atoms with E-state index >= 15 is 0 Å². The van der Waals surface area contributed by atoms with Gasteiger partial charge in [-0.2, -0.15) is 0 Å². The number of nitrogens with one attached hydrogen (secondary N) is 1. The van der Waals surface area contributed by atoms with Gasteiger partial charge in [0, 0.05) is 12.8 Å². The van der Waals surface area contributed by atoms with Crippen molar-refractivity contribution >= 4 is 19.7 Å². The van der Waals surface area contributed by atoms with Gasteiger partial charge in [0.1, 0.15) is 19.3 Å². The molecule has 0 saturated carbocycles. The smallest absolute Gasteiger partial charge is 0.306 e. The molecular weight excluding hydrogens is 1050 g/mol. The molecule has 0 fully saturated rings. The zero-order valence-electron chi connectivity index (χ0n) is 56.2. The number of amides is 1. The van der Waals surface area contributed by atoms with Gasteiger partial charge in [-0.05, 0) is 63.9 Å². The summed E-state index contributed by atoms with van der Waals surface area (Å²) in [5.74, 6) is -0.522. The molecule has 0 aliphatic carbocycles. The van der Waals surface area contributed by atoms with E-state index in [4.69, 9.17) is 13.8 Å². The Bertz CT molecular complexity index is 1510. The molecule has 0 aromatic heterocycles. The van der Waals surface area contributed by atoms with Crippen molar-refractivity contribution in [3.05, 3.63) is 36.5 Å². The molecule has 0 aromatic carbocycles. The van der Waals surface area contributed by atoms with Gasteiger partial charge < -0.3 is 28.5 Å². The van der Waals surface area contributed by atoms with Crippen molar-refractivity contribution in [3.8, 4) is 0 Å². The minimum atomic E-state index is -4.70. The summed E-state index contributed by atoms with van der Waals surface area (Å²) in [6.45, 7) is 6.89. The average molecular weight is 1190 g/mol. The van der Waals surface area contributed by atoms with Crippen molar-refractivity contribution in [1.29, 1.82) is 0 Å². The van der Waals surface area contributed by atoms with E-state index < -0.39 is 20.0 Å². The van der Waals surface area contributed by atoms with E-state index in [1.165, 1.54) is 270 Å². The van der Waals surface area contributed by atoms with Crippen molar-refractivity contribution in [3.63, 3.8) is 0 Å². The van der Waals surface area contributed by atoms with E-state index in [-0.39, 0.29) is 31.5 Å². The van der Waals surface area contributed by atoms with E-state index in [1.54, 1.807) is 0 Å². The molecule has 490 valence electrons. The van der Waals surface area contributed by atoms with Gasteiger partial charge in [0.25, 0.3) is 7.82 Å². The van der Waals surface area contributed by atoms with Gasteiger partial charge in [0.05, 0.1) is 33.8 Å². The third kappa shape index (κ3) is 64.5. The van der Waals surface area contributed by atoms with Crippen LogP contribution in [0, 0.1) is 0 Å². The first-order chi connectivity index (χ1) is 40.4. The summed E-state index contributed by atoms with van der Waals surface area (Å²) in [7, 11) is 1.20. The number of hydrogen-bond donors (Lipinski definition) is 1. The first-order valence-corrected chi connectivity index (χ1v) is 37.8. The van der Waals surface area contributed by atoms with Gasteiger partial charge >= 0.3 is 5.97 Å². The summed E-state index contributed by atoms with van der Waals surface area (Å²) in [5.41, 5.74) is 0. The number of carbonyl (C=O) groups is 2. The van der Waals surface area contributed by atoms with E-state index in [0.717, 1.165) is 64.2 Å². The zero-order valence-corrected chi connectivity index (χ0v) is 57.1. The highest BCUT2D eigenvalue weighted by molar-refractivity contribution is 7.45. The molecular formula is C73H141N2O7P. The van der Waals surface area contributed by atoms with Crippen LogP contribution >= 0.6 is 7.82 Å². The topological polar surface area (TPSA) is 114 Å². The van der Waals surface area contributed by atoms with Crippen LogP contribution in [0.4, 0.5) is 0 Å². The standard InChI is InChI=1S/C73H141N2O7P/c1-7-10-13-16-19-22-25-28-30-32-34-36-37-39-41-43-45-48-51-54-57-60-63-66-73(77)82-71(64-61-58-55-52-49-46-27-24-21-18-15-12-9-3)70(69-81-83(78,79)80-68-67-75(4,5)6)74-72(76)65-62-59-56-53-50-47-44-42-40-38-35-33-31-29-26-23-20-17-14-11-8-2/h20,23,29,31,61,64,70-71H,7-19,21-22,24-28,30,32-60,62-63,65-69H2,1-6H3,(H-,74,76,78,79)/b23-20-,31-29-,64-61+. The molecule has 3 unspecified atom stereocenters. The maximum atomic E-state index is 13.6. The predicted molar refractivity (Wildman–Crippen MR) is 358 cm³/mol. The van der Waals surface area contributed by atoms with Gasteiger partial charge in [0.2, 0.25) is 5.91 Å². The molecule has 1 amide bonds. The predicted octanol–water partition coefficient (Wildman–Crippen LogP) is 22.4. The van der Waals surface area contributed by atoms with Crippen LogP contribution in [-0.4, -0.2) is 69.4 Å². The lowest BCUT2D eigenvalue weighted by atomic mass is 10.0. The van der Waals surface area contributed by atoms with Crippen LogP contribution in [0.15, 0.2) is 36.5 Å². The highest BCUT2D eigenvalue weighted by Crippen LogP contribution is 2.38. The average Bonchev–Trinajstić information content (AvgIpc) is 3.46. The van der Waals surface area contributed by atoms with Gasteiger partial charge in [-0.1, -0.05) is 327 Å². The molecule has 0 aliphatic rings. The van der Waals surface area contributed by atoms with Crippen LogP contribution in [0.3, 0.4) is 0 Å². The Kier molecular flexibility index (Phi) is 61.9. The number of likely N-dealkylation sites (N-methyl/N-ethyl adjacent to an activating group) is 1. The number of esters is 1. The molecule has 1 N–H and O–H groups in total. The van der Waals surface area contributed by atoms with Crippen LogP contribution in [-0.2, 0) is 27.9 Å². The van der Waals surface area contributed by atoms with E-state index in [9.17, 15) is 19.0 Å². The number of allylic oxidation sites excluding steroid dienone is 5. The van der Waals surface area contributed by atoms with E-state index in [0.29, 0.717) is 17.4 Å². The largest absolute Gasteiger partial charge is 0.756 e. The molecule has 0 saturated heterocycles. The lowest BCUT2D eigenvalue weighted by molar-refractivity contribution is -0.870. The van der Waals surface area contributed by atoms with Crippen molar-refractivity contribution < 1.29 is 37.3 Å². The second-order valence-electron chi connectivity index (χ2n) is 26.1. The molecule has 0 aliphatic heterocycles. The van der Waals surface area contributed by atoms with Gasteiger partial charge in [-0.25, -0.2) is 0 Å². The minimum absolute atomic E-state index is 0.0198. The minimum Gasteiger partial charge on any atom is -0.756 e. The molecule has 0 heterocycles. The van der Waals surface area contributed by atoms with E-state index in [2.05, 4.69) is 50.4 Å². The second-order valence-corrected chi connectivity index (χ2v) is 27.5. The first-order valence-electron chi connectivity index (χ1n) is 36.3. The fraction of sp³-hybridized carbons (Fsp3) is 0.890. The SMILES string of the molecule is CCCCC/C=C\C/C=C\CCCCCCCCCCCCCC(=O)NC(COP(=O)([O-])OCC[N+](C)(C)C)C(/C=C/CCCCCCCCCCCCC)OC(=O)CCCCCCCCCCCCCCCCCCCCCCCCC. The van der Waals surface area contributed by atoms with Gasteiger partial charge in [-0.15, -0.1) is 0 Å². The van der Waals surface area contributed by atoms with Crippen LogP contribution < -0.4 is 10.2 Å². The number of carbonyl (C=O) groups excluding carboxylic acids is 2. The first kappa shape index (κ1) is 81.2. The summed E-state index contributed by atoms with van der Waals surface area (Å²) in [4.78, 5) is 40.2. The summed E-state index contributed by atoms with van der Waals surface area (Å²) in [6, 6.07) is -0.887. The van der Waals surface area contributed by atoms with Crippen molar-refractivity contribution in [2.24, 2.45) is 0 Å². The third-order valence-corrected chi connectivity index (χ3v) is 17.5. The van der Waals surface area contributed by atoms with Crippen LogP contribution in [0.2, 0.25) is 0 Å². The summed E-state index contributed by atoms with van der Waals surface area (Å²) in [5, 5.41) is 3.05. The van der Waals surface area contributed by atoms with Crippen LogP contribution in [0.1, 0.15) is 367 Å². The molecule has 3 atom stereocenters. The Hall–Kier alpha value is -1.77. The molecule has 0 radical (unpaired) electrons. The molecule has 0 bridgehead atoms. The van der Waals surface area contributed by atoms with Crippen molar-refractivity contribution in [1.82, 2.24) is 5.32 Å². The number of rotatable bonds is 67. The normalized spacial score (nSPS) is 13.7. The zero-order chi connectivity index (χ0) is 60.7. The highest BCUT2D eigenvalue weighted by atomic mass is 31.2. The van der Waals surface area contributed by atoms with Gasteiger partial charge in [0.15, 0.2) is 0 Å². The number of quaternary nitrogens is 1. The van der Waals surface area contributed by atoms with Crippen LogP contribution in [0.25, 0.3) is 0 Å². The van der Waals surface area contributed by atoms with Gasteiger partial charge in [-0.3, -0.25) is 14.2 Å². The number of phosphoric acid groups is 1. The molecule has 0 aromatic rings. The molecule has 0 spiro atoms. The highest BCUT2D eigenvalue weighted by Gasteiger charge is 2.27. The van der Waals surface area contributed by atoms with E-state index in [1.807, 2.05) is 33.3 Å². The fourth-order valence-electron chi connectivity index (χ4n) is 11.0. The summed E-state index contributed by atoms with van der Waals surface area (Å²) in [6.07, 6.45) is 78.4. The lowest BCUT2D eigenvalue weighted by Gasteiger charge is -2.30. The Morgan fingerprint density at radius 2 is 0.735 bits per heavy atom. The number of unbranched alkanes of at least 4 members (excludes halogenated alkanes) is 47. The molecule has 83 heavy (non-hydrogen) atoms. The molecule has 0 rings (SSSR count). The Labute approximate surface area is 516 Å².